The number of hydrogen-bond donors (Lipinski definition) is 2. The summed E-state index contributed by atoms with van der Waals surface area (Å²) in [5.74, 6) is -1.18. The van der Waals surface area contributed by atoms with Gasteiger partial charge in [0.2, 0.25) is 5.91 Å². The Balaban J connectivity index is 1.38. The van der Waals surface area contributed by atoms with Gasteiger partial charge in [0.15, 0.2) is 5.11 Å². The van der Waals surface area contributed by atoms with Gasteiger partial charge in [0, 0.05) is 17.8 Å². The number of thiocarbonyl (C=S) groups is 1. The number of carbonyl (C=O) groups excluding carboxylic acids is 4. The molecule has 0 saturated carbocycles. The number of benzene rings is 1. The van der Waals surface area contributed by atoms with Crippen LogP contribution in [0.1, 0.15) is 61.3 Å². The van der Waals surface area contributed by atoms with E-state index in [0.29, 0.717) is 27.6 Å². The highest BCUT2D eigenvalue weighted by Gasteiger charge is 2.35. The first-order valence-corrected chi connectivity index (χ1v) is 11.8. The number of amides is 3. The van der Waals surface area contributed by atoms with Crippen LogP contribution in [0.5, 0.6) is 0 Å². The predicted molar refractivity (Wildman–Crippen MR) is 128 cm³/mol. The molecule has 0 saturated heterocycles. The van der Waals surface area contributed by atoms with Crippen LogP contribution in [0.3, 0.4) is 0 Å². The van der Waals surface area contributed by atoms with Gasteiger partial charge in [0.05, 0.1) is 23.8 Å². The molecule has 8 nitrogen and oxygen atoms in total. The Labute approximate surface area is 200 Å². The number of esters is 1. The summed E-state index contributed by atoms with van der Waals surface area (Å²) < 4.78 is 4.96. The van der Waals surface area contributed by atoms with E-state index in [2.05, 4.69) is 17.6 Å². The lowest BCUT2D eigenvalue weighted by Crippen LogP contribution is -2.38. The van der Waals surface area contributed by atoms with Crippen LogP contribution in [-0.4, -0.2) is 47.4 Å². The molecule has 33 heavy (non-hydrogen) atoms. The number of fused-ring (bicyclic) bond motifs is 2. The molecule has 0 spiro atoms. The zero-order valence-corrected chi connectivity index (χ0v) is 19.9. The van der Waals surface area contributed by atoms with Crippen molar-refractivity contribution in [3.63, 3.8) is 0 Å². The van der Waals surface area contributed by atoms with Crippen LogP contribution < -0.4 is 10.6 Å². The van der Waals surface area contributed by atoms with Crippen molar-refractivity contribution in [3.8, 4) is 0 Å². The summed E-state index contributed by atoms with van der Waals surface area (Å²) >= 11 is 6.72. The van der Waals surface area contributed by atoms with Gasteiger partial charge in [-0.1, -0.05) is 19.1 Å². The largest absolute Gasteiger partial charge is 0.465 e. The van der Waals surface area contributed by atoms with E-state index < -0.39 is 23.7 Å². The molecule has 2 heterocycles. The Morgan fingerprint density at radius 1 is 1.21 bits per heavy atom. The van der Waals surface area contributed by atoms with Crippen molar-refractivity contribution in [2.24, 2.45) is 5.92 Å². The Kier molecular flexibility index (Phi) is 6.57. The molecular weight excluding hydrogens is 462 g/mol. The van der Waals surface area contributed by atoms with E-state index in [1.54, 1.807) is 24.3 Å². The third kappa shape index (κ3) is 4.53. The highest BCUT2D eigenvalue weighted by Crippen LogP contribution is 2.40. The summed E-state index contributed by atoms with van der Waals surface area (Å²) in [5.41, 5.74) is 2.12. The van der Waals surface area contributed by atoms with E-state index >= 15 is 0 Å². The number of rotatable bonds is 5. The predicted octanol–water partition coefficient (Wildman–Crippen LogP) is 3.16. The number of nitrogens with one attached hydrogen (secondary N) is 2. The number of ether oxygens (including phenoxy) is 1. The molecule has 1 aromatic heterocycles. The van der Waals surface area contributed by atoms with Crippen molar-refractivity contribution in [3.05, 3.63) is 51.4 Å². The molecule has 0 radical (unpaired) electrons. The van der Waals surface area contributed by atoms with Crippen molar-refractivity contribution in [2.75, 3.05) is 19.0 Å². The molecule has 2 aliphatic rings. The van der Waals surface area contributed by atoms with Gasteiger partial charge >= 0.3 is 5.97 Å². The minimum absolute atomic E-state index is 0.0409. The van der Waals surface area contributed by atoms with Crippen molar-refractivity contribution >= 4 is 57.4 Å². The van der Waals surface area contributed by atoms with Crippen LogP contribution in [0.2, 0.25) is 0 Å². The standard InChI is InChI=1S/C23H23N3O5S2/c1-12-7-8-15-16(11-12)33-19(18(15)22(30)31-2)25-23(32)24-17(27)9-10-26-20(28)13-5-3-4-6-14(13)21(26)29/h3-6,12H,7-11H2,1-2H3,(H2,24,25,27,32). The maximum absolute atomic E-state index is 12.4. The molecule has 10 heteroatoms. The zero-order chi connectivity index (χ0) is 23.7. The fourth-order valence-electron chi connectivity index (χ4n) is 4.14. The van der Waals surface area contributed by atoms with Crippen LogP contribution >= 0.6 is 23.6 Å². The van der Waals surface area contributed by atoms with Crippen molar-refractivity contribution < 1.29 is 23.9 Å². The number of nitrogens with zero attached hydrogens (tertiary/aromatic N) is 1. The molecular formula is C23H23N3O5S2. The third-order valence-electron chi connectivity index (χ3n) is 5.82. The van der Waals surface area contributed by atoms with Crippen LogP contribution in [0, 0.1) is 5.92 Å². The van der Waals surface area contributed by atoms with Gasteiger partial charge < -0.3 is 15.4 Å². The summed E-state index contributed by atoms with van der Waals surface area (Å²) in [7, 11) is 1.33. The zero-order valence-electron chi connectivity index (χ0n) is 18.2. The lowest BCUT2D eigenvalue weighted by atomic mass is 9.88. The quantitative estimate of drug-likeness (QED) is 0.381. The summed E-state index contributed by atoms with van der Waals surface area (Å²) in [6, 6.07) is 6.57. The van der Waals surface area contributed by atoms with Crippen molar-refractivity contribution in [1.29, 1.82) is 0 Å². The van der Waals surface area contributed by atoms with E-state index in [-0.39, 0.29) is 18.1 Å². The second-order valence-electron chi connectivity index (χ2n) is 8.11. The van der Waals surface area contributed by atoms with Crippen molar-refractivity contribution in [1.82, 2.24) is 10.2 Å². The molecule has 0 fully saturated rings. The highest BCUT2D eigenvalue weighted by atomic mass is 32.1. The molecule has 1 atom stereocenters. The number of thiophene rings is 1. The van der Waals surface area contributed by atoms with Gasteiger partial charge in [-0.15, -0.1) is 11.3 Å². The van der Waals surface area contributed by atoms with Gasteiger partial charge in [0.25, 0.3) is 11.8 Å². The number of imide groups is 1. The first-order chi connectivity index (χ1) is 15.8. The SMILES string of the molecule is COC(=O)c1c(NC(=S)NC(=O)CCN2C(=O)c3ccccc3C2=O)sc2c1CCC(C)C2. The third-order valence-corrected chi connectivity index (χ3v) is 7.20. The normalized spacial score (nSPS) is 16.8. The van der Waals surface area contributed by atoms with Gasteiger partial charge in [-0.3, -0.25) is 19.3 Å². The highest BCUT2D eigenvalue weighted by molar-refractivity contribution is 7.80. The fourth-order valence-corrected chi connectivity index (χ4v) is 5.82. The summed E-state index contributed by atoms with van der Waals surface area (Å²) in [5, 5.41) is 6.11. The average Bonchev–Trinajstić information content (AvgIpc) is 3.25. The van der Waals surface area contributed by atoms with Gasteiger partial charge in [-0.25, -0.2) is 4.79 Å². The van der Waals surface area contributed by atoms with Crippen LogP contribution in [0.15, 0.2) is 24.3 Å². The molecule has 1 aliphatic carbocycles. The molecule has 172 valence electrons. The van der Waals surface area contributed by atoms with Gasteiger partial charge in [-0.2, -0.15) is 0 Å². The van der Waals surface area contributed by atoms with E-state index in [1.807, 2.05) is 0 Å². The average molecular weight is 486 g/mol. The Morgan fingerprint density at radius 3 is 2.52 bits per heavy atom. The van der Waals surface area contributed by atoms with Crippen molar-refractivity contribution in [2.45, 2.75) is 32.6 Å². The van der Waals surface area contributed by atoms with Crippen LogP contribution in [0.25, 0.3) is 0 Å². The maximum atomic E-state index is 12.4. The first kappa shape index (κ1) is 23.1. The Bertz CT molecular complexity index is 1140. The number of anilines is 1. The van der Waals surface area contributed by atoms with Gasteiger partial charge in [-0.05, 0) is 55.1 Å². The fraction of sp³-hybridized carbons (Fsp3) is 0.348. The van der Waals surface area contributed by atoms with E-state index in [0.717, 1.165) is 34.6 Å². The number of methoxy groups -OCH3 is 1. The number of carbonyl (C=O) groups is 4. The molecule has 2 aromatic rings. The Morgan fingerprint density at radius 2 is 1.88 bits per heavy atom. The maximum Gasteiger partial charge on any atom is 0.341 e. The van der Waals surface area contributed by atoms with E-state index in [4.69, 9.17) is 17.0 Å². The smallest absolute Gasteiger partial charge is 0.341 e. The summed E-state index contributed by atoms with van der Waals surface area (Å²) in [4.78, 5) is 51.9. The first-order valence-electron chi connectivity index (χ1n) is 10.6. The second-order valence-corrected chi connectivity index (χ2v) is 9.62. The molecule has 0 bridgehead atoms. The van der Waals surface area contributed by atoms with E-state index in [9.17, 15) is 19.2 Å². The molecule has 1 aromatic carbocycles. The Hall–Kier alpha value is -3.11. The molecule has 1 aliphatic heterocycles. The molecule has 2 N–H and O–H groups in total. The molecule has 1 unspecified atom stereocenters. The molecule has 4 rings (SSSR count). The second kappa shape index (κ2) is 9.40. The lowest BCUT2D eigenvalue weighted by molar-refractivity contribution is -0.119. The summed E-state index contributed by atoms with van der Waals surface area (Å²) in [6.45, 7) is 2.12. The van der Waals surface area contributed by atoms with E-state index in [1.165, 1.54) is 18.4 Å². The monoisotopic (exact) mass is 485 g/mol. The minimum Gasteiger partial charge on any atom is -0.465 e. The topological polar surface area (TPSA) is 105 Å². The molecule has 3 amide bonds. The number of hydrogen-bond acceptors (Lipinski definition) is 7. The van der Waals surface area contributed by atoms with Gasteiger partial charge in [0.1, 0.15) is 5.00 Å². The summed E-state index contributed by atoms with van der Waals surface area (Å²) in [6.07, 6.45) is 2.56. The minimum atomic E-state index is -0.446. The lowest BCUT2D eigenvalue weighted by Gasteiger charge is -2.18. The van der Waals surface area contributed by atoms with Crippen LogP contribution in [0.4, 0.5) is 5.00 Å². The van der Waals surface area contributed by atoms with Crippen LogP contribution in [-0.2, 0) is 22.4 Å².